The molecule has 0 saturated carbocycles. The van der Waals surface area contributed by atoms with Crippen LogP contribution < -0.4 is 0 Å². The van der Waals surface area contributed by atoms with E-state index in [9.17, 15) is 0 Å². The highest BCUT2D eigenvalue weighted by molar-refractivity contribution is 5.39. The first-order chi connectivity index (χ1) is 6.08. The fraction of sp³-hybridized carbons (Fsp3) is 0.500. The predicted octanol–water partition coefficient (Wildman–Crippen LogP) is 2.84. The number of aliphatic hydroxyl groups is 1. The molecular formula is C12H18O. The van der Waals surface area contributed by atoms with E-state index in [1.807, 2.05) is 6.08 Å². The first-order valence-corrected chi connectivity index (χ1v) is 4.73. The molecule has 0 atom stereocenters. The molecule has 0 fully saturated rings. The van der Waals surface area contributed by atoms with Gasteiger partial charge in [0, 0.05) is 0 Å². The van der Waals surface area contributed by atoms with Gasteiger partial charge in [0.2, 0.25) is 0 Å². The number of allylic oxidation sites excluding steroid dienone is 5. The third-order valence-electron chi connectivity index (χ3n) is 2.54. The summed E-state index contributed by atoms with van der Waals surface area (Å²) in [5.41, 5.74) is 2.86. The SMILES string of the molecule is CC1=C(/C=C/CO)C(C)(C)CC=C1. The third-order valence-corrected chi connectivity index (χ3v) is 2.54. The Morgan fingerprint density at radius 2 is 2.23 bits per heavy atom. The highest BCUT2D eigenvalue weighted by atomic mass is 16.2. The van der Waals surface area contributed by atoms with Gasteiger partial charge in [-0.15, -0.1) is 0 Å². The molecular weight excluding hydrogens is 160 g/mol. The van der Waals surface area contributed by atoms with Gasteiger partial charge in [0.05, 0.1) is 6.61 Å². The average Bonchev–Trinajstić information content (AvgIpc) is 2.02. The summed E-state index contributed by atoms with van der Waals surface area (Å²) in [6.45, 7) is 6.71. The van der Waals surface area contributed by atoms with Gasteiger partial charge >= 0.3 is 0 Å². The van der Waals surface area contributed by atoms with E-state index in [1.165, 1.54) is 11.1 Å². The van der Waals surface area contributed by atoms with E-state index in [4.69, 9.17) is 5.11 Å². The Balaban J connectivity index is 2.98. The molecule has 0 saturated heterocycles. The van der Waals surface area contributed by atoms with Crippen LogP contribution >= 0.6 is 0 Å². The largest absolute Gasteiger partial charge is 0.392 e. The maximum atomic E-state index is 8.73. The van der Waals surface area contributed by atoms with Gasteiger partial charge in [-0.1, -0.05) is 38.2 Å². The van der Waals surface area contributed by atoms with Crippen LogP contribution in [0.5, 0.6) is 0 Å². The van der Waals surface area contributed by atoms with Crippen molar-refractivity contribution in [3.63, 3.8) is 0 Å². The van der Waals surface area contributed by atoms with Crippen molar-refractivity contribution in [1.82, 2.24) is 0 Å². The Morgan fingerprint density at radius 3 is 2.77 bits per heavy atom. The quantitative estimate of drug-likeness (QED) is 0.689. The lowest BCUT2D eigenvalue weighted by atomic mass is 9.75. The Bertz CT molecular complexity index is 267. The Morgan fingerprint density at radius 1 is 1.54 bits per heavy atom. The number of rotatable bonds is 2. The van der Waals surface area contributed by atoms with Crippen molar-refractivity contribution in [3.05, 3.63) is 35.5 Å². The molecule has 0 amide bonds. The van der Waals surface area contributed by atoms with Gasteiger partial charge in [-0.2, -0.15) is 0 Å². The normalized spacial score (nSPS) is 21.5. The molecule has 0 aromatic rings. The fourth-order valence-electron chi connectivity index (χ4n) is 1.79. The van der Waals surface area contributed by atoms with Gasteiger partial charge in [0.15, 0.2) is 0 Å². The molecule has 0 radical (unpaired) electrons. The summed E-state index contributed by atoms with van der Waals surface area (Å²) >= 11 is 0. The zero-order valence-electron chi connectivity index (χ0n) is 8.67. The number of hydrogen-bond acceptors (Lipinski definition) is 1. The molecule has 1 rings (SSSR count). The van der Waals surface area contributed by atoms with Crippen LogP contribution in [0.2, 0.25) is 0 Å². The predicted molar refractivity (Wildman–Crippen MR) is 56.5 cm³/mol. The first-order valence-electron chi connectivity index (χ1n) is 4.73. The first kappa shape index (κ1) is 10.3. The molecule has 0 heterocycles. The Kier molecular flexibility index (Phi) is 3.10. The summed E-state index contributed by atoms with van der Waals surface area (Å²) in [6.07, 6.45) is 9.29. The zero-order valence-corrected chi connectivity index (χ0v) is 8.67. The van der Waals surface area contributed by atoms with Crippen molar-refractivity contribution in [3.8, 4) is 0 Å². The van der Waals surface area contributed by atoms with E-state index in [-0.39, 0.29) is 12.0 Å². The van der Waals surface area contributed by atoms with Gasteiger partial charge in [-0.25, -0.2) is 0 Å². The minimum absolute atomic E-state index is 0.122. The van der Waals surface area contributed by atoms with Crippen molar-refractivity contribution in [1.29, 1.82) is 0 Å². The topological polar surface area (TPSA) is 20.2 Å². The van der Waals surface area contributed by atoms with Crippen LogP contribution in [0.25, 0.3) is 0 Å². The number of hydrogen-bond donors (Lipinski definition) is 1. The molecule has 1 aliphatic rings. The van der Waals surface area contributed by atoms with Gasteiger partial charge in [-0.3, -0.25) is 0 Å². The van der Waals surface area contributed by atoms with E-state index >= 15 is 0 Å². The van der Waals surface area contributed by atoms with E-state index in [0.717, 1.165) is 6.42 Å². The molecule has 0 aromatic carbocycles. The molecule has 0 spiro atoms. The highest BCUT2D eigenvalue weighted by Gasteiger charge is 2.23. The van der Waals surface area contributed by atoms with E-state index in [0.29, 0.717) is 0 Å². The van der Waals surface area contributed by atoms with E-state index in [2.05, 4.69) is 32.9 Å². The maximum Gasteiger partial charge on any atom is 0.0615 e. The fourth-order valence-corrected chi connectivity index (χ4v) is 1.79. The second kappa shape index (κ2) is 3.93. The second-order valence-electron chi connectivity index (χ2n) is 4.17. The van der Waals surface area contributed by atoms with Crippen LogP contribution in [-0.2, 0) is 0 Å². The molecule has 1 heteroatoms. The van der Waals surface area contributed by atoms with Crippen LogP contribution in [-0.4, -0.2) is 11.7 Å². The molecule has 0 bridgehead atoms. The van der Waals surface area contributed by atoms with Crippen molar-refractivity contribution in [2.24, 2.45) is 5.41 Å². The Hall–Kier alpha value is -0.820. The maximum absolute atomic E-state index is 8.73. The lowest BCUT2D eigenvalue weighted by Gasteiger charge is -2.29. The lowest BCUT2D eigenvalue weighted by molar-refractivity contribution is 0.342. The second-order valence-corrected chi connectivity index (χ2v) is 4.17. The smallest absolute Gasteiger partial charge is 0.0615 e. The molecule has 13 heavy (non-hydrogen) atoms. The summed E-state index contributed by atoms with van der Waals surface area (Å²) in [7, 11) is 0. The van der Waals surface area contributed by atoms with Crippen LogP contribution in [0.3, 0.4) is 0 Å². The van der Waals surface area contributed by atoms with E-state index in [1.54, 1.807) is 6.08 Å². The zero-order chi connectivity index (χ0) is 9.90. The molecule has 0 unspecified atom stereocenters. The standard InChI is InChI=1S/C12H18O/c1-10-6-4-8-12(2,3)11(10)7-5-9-13/h4-7,13H,8-9H2,1-3H3/b7-5+. The summed E-state index contributed by atoms with van der Waals surface area (Å²) < 4.78 is 0. The van der Waals surface area contributed by atoms with Gasteiger partial charge in [0.25, 0.3) is 0 Å². The molecule has 0 aliphatic heterocycles. The summed E-state index contributed by atoms with van der Waals surface area (Å²) in [4.78, 5) is 0. The third kappa shape index (κ3) is 2.31. The van der Waals surface area contributed by atoms with E-state index < -0.39 is 0 Å². The lowest BCUT2D eigenvalue weighted by Crippen LogP contribution is -2.16. The summed E-state index contributed by atoms with van der Waals surface area (Å²) in [5, 5.41) is 8.73. The van der Waals surface area contributed by atoms with Crippen LogP contribution in [0.1, 0.15) is 27.2 Å². The van der Waals surface area contributed by atoms with Crippen LogP contribution in [0.4, 0.5) is 0 Å². The highest BCUT2D eigenvalue weighted by Crippen LogP contribution is 2.37. The summed E-state index contributed by atoms with van der Waals surface area (Å²) in [6, 6.07) is 0. The van der Waals surface area contributed by atoms with Gasteiger partial charge < -0.3 is 5.11 Å². The minimum Gasteiger partial charge on any atom is -0.392 e. The van der Waals surface area contributed by atoms with Crippen LogP contribution in [0.15, 0.2) is 35.5 Å². The monoisotopic (exact) mass is 178 g/mol. The van der Waals surface area contributed by atoms with Crippen molar-refractivity contribution in [2.75, 3.05) is 6.61 Å². The van der Waals surface area contributed by atoms with Gasteiger partial charge in [0.1, 0.15) is 0 Å². The summed E-state index contributed by atoms with van der Waals surface area (Å²) in [5.74, 6) is 0. The van der Waals surface area contributed by atoms with Crippen molar-refractivity contribution >= 4 is 0 Å². The number of aliphatic hydroxyl groups excluding tert-OH is 1. The van der Waals surface area contributed by atoms with Gasteiger partial charge in [-0.05, 0) is 29.9 Å². The molecule has 1 aliphatic carbocycles. The molecule has 1 N–H and O–H groups in total. The molecule has 0 aromatic heterocycles. The average molecular weight is 178 g/mol. The molecule has 1 nitrogen and oxygen atoms in total. The Labute approximate surface area is 80.5 Å². The molecule has 72 valence electrons. The van der Waals surface area contributed by atoms with Crippen molar-refractivity contribution in [2.45, 2.75) is 27.2 Å². The minimum atomic E-state index is 0.122. The van der Waals surface area contributed by atoms with Crippen LogP contribution in [0, 0.1) is 5.41 Å². The van der Waals surface area contributed by atoms with Crippen molar-refractivity contribution < 1.29 is 5.11 Å².